The summed E-state index contributed by atoms with van der Waals surface area (Å²) in [7, 11) is 0. The van der Waals surface area contributed by atoms with E-state index in [1.54, 1.807) is 31.2 Å². The van der Waals surface area contributed by atoms with Crippen molar-refractivity contribution in [2.75, 3.05) is 23.8 Å². The van der Waals surface area contributed by atoms with Gasteiger partial charge in [-0.25, -0.2) is 0 Å². The van der Waals surface area contributed by atoms with Gasteiger partial charge < -0.3 is 20.1 Å². The van der Waals surface area contributed by atoms with Crippen LogP contribution in [-0.2, 0) is 9.53 Å². The molecule has 2 unspecified atom stereocenters. The fourth-order valence-corrected chi connectivity index (χ4v) is 2.99. The SMILES string of the molecule is CC(=O)c1cccc(NC(=O)C(C)Nc2ccc(OCC3CCCO3)cc2)c1. The van der Waals surface area contributed by atoms with Crippen LogP contribution in [0.1, 0.15) is 37.0 Å². The Bertz CT molecular complexity index is 814. The molecule has 148 valence electrons. The van der Waals surface area contributed by atoms with Crippen LogP contribution in [0.2, 0.25) is 0 Å². The number of hydrogen-bond donors (Lipinski definition) is 2. The Balaban J connectivity index is 1.50. The normalized spacial score (nSPS) is 17.0. The Labute approximate surface area is 165 Å². The van der Waals surface area contributed by atoms with Crippen molar-refractivity contribution in [3.8, 4) is 5.75 Å². The number of nitrogens with one attached hydrogen (secondary N) is 2. The van der Waals surface area contributed by atoms with E-state index in [0.29, 0.717) is 17.9 Å². The fraction of sp³-hybridized carbons (Fsp3) is 0.364. The molecule has 6 heteroatoms. The highest BCUT2D eigenvalue weighted by Crippen LogP contribution is 2.19. The third kappa shape index (κ3) is 5.57. The quantitative estimate of drug-likeness (QED) is 0.678. The van der Waals surface area contributed by atoms with Crippen molar-refractivity contribution in [3.05, 3.63) is 54.1 Å². The molecule has 0 bridgehead atoms. The average molecular weight is 382 g/mol. The summed E-state index contributed by atoms with van der Waals surface area (Å²) in [5, 5.41) is 5.99. The number of hydrogen-bond acceptors (Lipinski definition) is 5. The van der Waals surface area contributed by atoms with Gasteiger partial charge in [-0.2, -0.15) is 0 Å². The lowest BCUT2D eigenvalue weighted by Gasteiger charge is -2.16. The number of amides is 1. The molecule has 2 aromatic carbocycles. The zero-order chi connectivity index (χ0) is 19.9. The molecule has 2 aromatic rings. The Morgan fingerprint density at radius 2 is 1.96 bits per heavy atom. The Hall–Kier alpha value is -2.86. The molecular formula is C22H26N2O4. The average Bonchev–Trinajstić information content (AvgIpc) is 3.21. The molecule has 28 heavy (non-hydrogen) atoms. The summed E-state index contributed by atoms with van der Waals surface area (Å²) < 4.78 is 11.3. The highest BCUT2D eigenvalue weighted by Gasteiger charge is 2.16. The molecule has 6 nitrogen and oxygen atoms in total. The van der Waals surface area contributed by atoms with Crippen molar-refractivity contribution in [1.82, 2.24) is 0 Å². The van der Waals surface area contributed by atoms with E-state index in [-0.39, 0.29) is 17.8 Å². The third-order valence-electron chi connectivity index (χ3n) is 4.63. The molecule has 1 fully saturated rings. The van der Waals surface area contributed by atoms with Gasteiger partial charge in [-0.1, -0.05) is 12.1 Å². The van der Waals surface area contributed by atoms with Crippen molar-refractivity contribution < 1.29 is 19.1 Å². The third-order valence-corrected chi connectivity index (χ3v) is 4.63. The van der Waals surface area contributed by atoms with Gasteiger partial charge in [0, 0.05) is 23.5 Å². The highest BCUT2D eigenvalue weighted by molar-refractivity contribution is 5.99. The molecular weight excluding hydrogens is 356 g/mol. The first-order chi connectivity index (χ1) is 13.5. The number of rotatable bonds is 8. The maximum atomic E-state index is 12.4. The number of anilines is 2. The van der Waals surface area contributed by atoms with Gasteiger partial charge in [-0.15, -0.1) is 0 Å². The lowest BCUT2D eigenvalue weighted by atomic mass is 10.1. The summed E-state index contributed by atoms with van der Waals surface area (Å²) in [4.78, 5) is 23.9. The number of ether oxygens (including phenoxy) is 2. The molecule has 0 spiro atoms. The molecule has 1 aliphatic rings. The molecule has 0 aromatic heterocycles. The number of benzene rings is 2. The molecule has 1 saturated heterocycles. The van der Waals surface area contributed by atoms with Crippen LogP contribution in [0.4, 0.5) is 11.4 Å². The van der Waals surface area contributed by atoms with E-state index >= 15 is 0 Å². The number of Topliss-reactive ketones (excluding diaryl/α,β-unsaturated/α-hetero) is 1. The Morgan fingerprint density at radius 1 is 1.18 bits per heavy atom. The van der Waals surface area contributed by atoms with E-state index in [2.05, 4.69) is 10.6 Å². The fourth-order valence-electron chi connectivity index (χ4n) is 2.99. The second kappa shape index (κ2) is 9.37. The van der Waals surface area contributed by atoms with Crippen LogP contribution >= 0.6 is 0 Å². The van der Waals surface area contributed by atoms with Crippen molar-refractivity contribution in [1.29, 1.82) is 0 Å². The maximum Gasteiger partial charge on any atom is 0.246 e. The number of carbonyl (C=O) groups is 2. The van der Waals surface area contributed by atoms with Crippen LogP contribution in [-0.4, -0.2) is 37.0 Å². The minimum absolute atomic E-state index is 0.0379. The first-order valence-electron chi connectivity index (χ1n) is 9.54. The van der Waals surface area contributed by atoms with Gasteiger partial charge in [0.2, 0.25) is 5.91 Å². The smallest absolute Gasteiger partial charge is 0.246 e. The first kappa shape index (κ1) is 19.9. The molecule has 1 heterocycles. The molecule has 3 rings (SSSR count). The molecule has 0 saturated carbocycles. The van der Waals surface area contributed by atoms with Crippen LogP contribution in [0.3, 0.4) is 0 Å². The zero-order valence-corrected chi connectivity index (χ0v) is 16.2. The zero-order valence-electron chi connectivity index (χ0n) is 16.2. The second-order valence-electron chi connectivity index (χ2n) is 6.96. The van der Waals surface area contributed by atoms with Crippen LogP contribution in [0.5, 0.6) is 5.75 Å². The summed E-state index contributed by atoms with van der Waals surface area (Å²) >= 11 is 0. The van der Waals surface area contributed by atoms with Gasteiger partial charge in [0.1, 0.15) is 18.4 Å². The summed E-state index contributed by atoms with van der Waals surface area (Å²) in [5.41, 5.74) is 1.99. The Morgan fingerprint density at radius 3 is 2.64 bits per heavy atom. The largest absolute Gasteiger partial charge is 0.491 e. The van der Waals surface area contributed by atoms with Crippen molar-refractivity contribution >= 4 is 23.1 Å². The van der Waals surface area contributed by atoms with Gasteiger partial charge in [-0.3, -0.25) is 9.59 Å². The number of ketones is 1. The standard InChI is InChI=1S/C22H26N2O4/c1-15(22(26)24-19-6-3-5-17(13-19)16(2)25)23-18-8-10-20(11-9-18)28-14-21-7-4-12-27-21/h3,5-6,8-11,13,15,21,23H,4,7,12,14H2,1-2H3,(H,24,26). The van der Waals surface area contributed by atoms with Gasteiger partial charge in [-0.05, 0) is 63.1 Å². The van der Waals surface area contributed by atoms with Gasteiger partial charge in [0.25, 0.3) is 0 Å². The van der Waals surface area contributed by atoms with Crippen LogP contribution in [0.15, 0.2) is 48.5 Å². The van der Waals surface area contributed by atoms with E-state index < -0.39 is 6.04 Å². The van der Waals surface area contributed by atoms with Crippen LogP contribution in [0.25, 0.3) is 0 Å². The van der Waals surface area contributed by atoms with Crippen LogP contribution < -0.4 is 15.4 Å². The summed E-state index contributed by atoms with van der Waals surface area (Å²) in [5.74, 6) is 0.558. The van der Waals surface area contributed by atoms with E-state index in [0.717, 1.165) is 30.9 Å². The van der Waals surface area contributed by atoms with Gasteiger partial charge >= 0.3 is 0 Å². The van der Waals surface area contributed by atoms with E-state index in [9.17, 15) is 9.59 Å². The van der Waals surface area contributed by atoms with E-state index in [1.807, 2.05) is 24.3 Å². The maximum absolute atomic E-state index is 12.4. The predicted molar refractivity (Wildman–Crippen MR) is 109 cm³/mol. The van der Waals surface area contributed by atoms with Gasteiger partial charge in [0.05, 0.1) is 6.10 Å². The first-order valence-corrected chi connectivity index (χ1v) is 9.54. The van der Waals surface area contributed by atoms with Gasteiger partial charge in [0.15, 0.2) is 5.78 Å². The Kier molecular flexibility index (Phi) is 6.66. The minimum atomic E-state index is -0.445. The molecule has 1 aliphatic heterocycles. The molecule has 0 radical (unpaired) electrons. The molecule has 0 aliphatic carbocycles. The predicted octanol–water partition coefficient (Wildman–Crippen LogP) is 3.89. The van der Waals surface area contributed by atoms with Crippen molar-refractivity contribution in [2.45, 2.75) is 38.8 Å². The minimum Gasteiger partial charge on any atom is -0.491 e. The topological polar surface area (TPSA) is 76.7 Å². The van der Waals surface area contributed by atoms with E-state index in [1.165, 1.54) is 6.92 Å². The summed E-state index contributed by atoms with van der Waals surface area (Å²) in [6, 6.07) is 14.0. The lowest BCUT2D eigenvalue weighted by molar-refractivity contribution is -0.116. The second-order valence-corrected chi connectivity index (χ2v) is 6.96. The molecule has 2 atom stereocenters. The summed E-state index contributed by atoms with van der Waals surface area (Å²) in [6.07, 6.45) is 2.32. The lowest BCUT2D eigenvalue weighted by Crippen LogP contribution is -2.31. The van der Waals surface area contributed by atoms with Crippen molar-refractivity contribution in [3.63, 3.8) is 0 Å². The van der Waals surface area contributed by atoms with Crippen LogP contribution in [0, 0.1) is 0 Å². The molecule has 2 N–H and O–H groups in total. The molecule has 1 amide bonds. The van der Waals surface area contributed by atoms with E-state index in [4.69, 9.17) is 9.47 Å². The highest BCUT2D eigenvalue weighted by atomic mass is 16.5. The number of carbonyl (C=O) groups excluding carboxylic acids is 2. The van der Waals surface area contributed by atoms with Crippen molar-refractivity contribution in [2.24, 2.45) is 0 Å². The summed E-state index contributed by atoms with van der Waals surface area (Å²) in [6.45, 7) is 4.66. The monoisotopic (exact) mass is 382 g/mol.